The zero-order valence-electron chi connectivity index (χ0n) is 12.1. The molecule has 116 valence electrons. The molecule has 1 unspecified atom stereocenters. The zero-order chi connectivity index (χ0) is 15.8. The molecule has 2 aromatic heterocycles. The molecular weight excluding hydrogens is 376 g/mol. The van der Waals surface area contributed by atoms with Crippen molar-refractivity contribution in [3.05, 3.63) is 21.3 Å². The summed E-state index contributed by atoms with van der Waals surface area (Å²) in [6.45, 7) is 1.23. The highest BCUT2D eigenvalue weighted by atomic mass is 79.9. The van der Waals surface area contributed by atoms with Crippen LogP contribution in [-0.4, -0.2) is 47.8 Å². The van der Waals surface area contributed by atoms with E-state index in [4.69, 9.17) is 21.1 Å². The minimum atomic E-state index is -2.19. The molecule has 1 atom stereocenters. The van der Waals surface area contributed by atoms with Crippen LogP contribution in [0.5, 0.6) is 0 Å². The minimum absolute atomic E-state index is 0.556. The van der Waals surface area contributed by atoms with Crippen LogP contribution in [0.3, 0.4) is 0 Å². The van der Waals surface area contributed by atoms with Crippen LogP contribution in [0.4, 0.5) is 5.88 Å². The summed E-state index contributed by atoms with van der Waals surface area (Å²) in [5.41, 5.74) is 1.15. The van der Waals surface area contributed by atoms with E-state index in [9.17, 15) is 4.21 Å². The normalized spacial score (nSPS) is 14.5. The molecule has 0 saturated heterocycles. The Labute approximate surface area is 137 Å². The van der Waals surface area contributed by atoms with Crippen molar-refractivity contribution in [1.29, 1.82) is 0 Å². The number of hydrogen-bond donors (Lipinski definition) is 0. The van der Waals surface area contributed by atoms with Crippen LogP contribution in [0, 0.1) is 4.51 Å². The lowest BCUT2D eigenvalue weighted by molar-refractivity contribution is 0.511. The predicted octanol–water partition coefficient (Wildman–Crippen LogP) is 3.15. The van der Waals surface area contributed by atoms with E-state index in [0.29, 0.717) is 34.6 Å². The molecule has 0 bridgehead atoms. The number of fused-ring (bicyclic) bond motifs is 1. The van der Waals surface area contributed by atoms with Gasteiger partial charge < -0.3 is 13.7 Å². The van der Waals surface area contributed by atoms with Gasteiger partial charge in [0.2, 0.25) is 0 Å². The molecule has 2 aromatic rings. The Morgan fingerprint density at radius 3 is 2.67 bits per heavy atom. The van der Waals surface area contributed by atoms with Crippen LogP contribution in [-0.2, 0) is 9.71 Å². The quantitative estimate of drug-likeness (QED) is 0.731. The second-order valence-corrected chi connectivity index (χ2v) is 8.76. The van der Waals surface area contributed by atoms with Gasteiger partial charge in [0.1, 0.15) is 6.26 Å². The van der Waals surface area contributed by atoms with E-state index in [1.165, 1.54) is 0 Å². The fraction of sp³-hybridized carbons (Fsp3) is 0.385. The summed E-state index contributed by atoms with van der Waals surface area (Å²) in [5.74, 6) is 4.29. The number of furan rings is 1. The average molecular weight is 393 g/mol. The van der Waals surface area contributed by atoms with Gasteiger partial charge in [-0.25, -0.2) is 4.31 Å². The van der Waals surface area contributed by atoms with Crippen molar-refractivity contribution in [2.75, 3.05) is 38.3 Å². The van der Waals surface area contributed by atoms with Crippen LogP contribution >= 0.6 is 28.1 Å². The standard InChI is InChI=1S/C13H17BrN2O3S2/c1-15(5-6-16(2)21(3,4)17)11-7-10(20)13-12(19-11)9(14)8-18-13/h7-8H,3,5-6H2,1-2,4H3. The van der Waals surface area contributed by atoms with Gasteiger partial charge in [0, 0.05) is 42.2 Å². The Morgan fingerprint density at radius 2 is 2.05 bits per heavy atom. The highest BCUT2D eigenvalue weighted by Crippen LogP contribution is 2.30. The SMILES string of the molecule is C=S(C)(=O)N(C)CCN(C)c1cc(=S)c2occ(Br)c2o1. The van der Waals surface area contributed by atoms with Crippen molar-refractivity contribution in [2.24, 2.45) is 0 Å². The molecule has 2 rings (SSSR count). The first kappa shape index (κ1) is 16.5. The molecule has 0 aliphatic heterocycles. The van der Waals surface area contributed by atoms with E-state index >= 15 is 0 Å². The third-order valence-electron chi connectivity index (χ3n) is 3.17. The number of likely N-dealkylation sites (N-methyl/N-ethyl adjacent to an activating group) is 2. The Hall–Kier alpha value is -0.830. The number of nitrogens with zero attached hydrogens (tertiary/aromatic N) is 2. The second kappa shape index (κ2) is 6.12. The van der Waals surface area contributed by atoms with Gasteiger partial charge in [0.05, 0.1) is 8.98 Å². The molecule has 0 aliphatic rings. The molecule has 8 heteroatoms. The number of hydrogen-bond acceptors (Lipinski definition) is 5. The van der Waals surface area contributed by atoms with E-state index in [2.05, 4.69) is 21.8 Å². The largest absolute Gasteiger partial charge is 0.458 e. The second-order valence-electron chi connectivity index (χ2n) is 4.92. The first-order valence-electron chi connectivity index (χ1n) is 6.15. The van der Waals surface area contributed by atoms with Crippen molar-refractivity contribution >= 4 is 60.8 Å². The Balaban J connectivity index is 2.22. The molecule has 5 nitrogen and oxygen atoms in total. The lowest BCUT2D eigenvalue weighted by Crippen LogP contribution is -2.34. The van der Waals surface area contributed by atoms with Gasteiger partial charge in [-0.2, -0.15) is 0 Å². The van der Waals surface area contributed by atoms with Crippen LogP contribution in [0.1, 0.15) is 0 Å². The Kier molecular flexibility index (Phi) is 4.82. The van der Waals surface area contributed by atoms with Crippen molar-refractivity contribution in [2.45, 2.75) is 0 Å². The van der Waals surface area contributed by atoms with E-state index < -0.39 is 9.71 Å². The molecule has 0 N–H and O–H groups in total. The van der Waals surface area contributed by atoms with Crippen LogP contribution in [0.25, 0.3) is 11.2 Å². The maximum atomic E-state index is 11.8. The highest BCUT2D eigenvalue weighted by Gasteiger charge is 2.13. The van der Waals surface area contributed by atoms with E-state index in [-0.39, 0.29) is 0 Å². The molecule has 21 heavy (non-hydrogen) atoms. The summed E-state index contributed by atoms with van der Waals surface area (Å²) >= 11 is 8.67. The lowest BCUT2D eigenvalue weighted by Gasteiger charge is -2.23. The average Bonchev–Trinajstić information content (AvgIpc) is 2.76. The fourth-order valence-corrected chi connectivity index (χ4v) is 2.75. The van der Waals surface area contributed by atoms with E-state index in [0.717, 1.165) is 4.47 Å². The van der Waals surface area contributed by atoms with Crippen LogP contribution in [0.15, 0.2) is 25.6 Å². The summed E-state index contributed by atoms with van der Waals surface area (Å²) in [4.78, 5) is 1.91. The molecule has 0 spiro atoms. The Morgan fingerprint density at radius 1 is 1.38 bits per heavy atom. The molecule has 0 amide bonds. The first-order valence-corrected chi connectivity index (χ1v) is 9.45. The topological polar surface area (TPSA) is 49.8 Å². The zero-order valence-corrected chi connectivity index (χ0v) is 15.3. The van der Waals surface area contributed by atoms with Crippen LogP contribution < -0.4 is 4.90 Å². The molecule has 0 fully saturated rings. The number of halogens is 1. The molecule has 0 radical (unpaired) electrons. The van der Waals surface area contributed by atoms with Gasteiger partial charge in [0.25, 0.3) is 0 Å². The summed E-state index contributed by atoms with van der Waals surface area (Å²) in [6, 6.07) is 1.75. The van der Waals surface area contributed by atoms with Crippen molar-refractivity contribution in [3.63, 3.8) is 0 Å². The smallest absolute Gasteiger partial charge is 0.197 e. The molecule has 0 saturated carbocycles. The highest BCUT2D eigenvalue weighted by molar-refractivity contribution is 9.10. The molecule has 0 aromatic carbocycles. The summed E-state index contributed by atoms with van der Waals surface area (Å²) in [7, 11) is 1.49. The third kappa shape index (κ3) is 3.68. The minimum Gasteiger partial charge on any atom is -0.458 e. The molecule has 2 heterocycles. The van der Waals surface area contributed by atoms with Crippen molar-refractivity contribution < 1.29 is 13.0 Å². The Bertz CT molecular complexity index is 810. The van der Waals surface area contributed by atoms with Gasteiger partial charge >= 0.3 is 0 Å². The van der Waals surface area contributed by atoms with Gasteiger partial charge in [-0.1, -0.05) is 12.2 Å². The number of rotatable bonds is 5. The molecule has 0 aliphatic carbocycles. The summed E-state index contributed by atoms with van der Waals surface area (Å²) < 4.78 is 26.0. The monoisotopic (exact) mass is 392 g/mol. The van der Waals surface area contributed by atoms with E-state index in [1.807, 2.05) is 11.9 Å². The fourth-order valence-electron chi connectivity index (χ4n) is 1.69. The van der Waals surface area contributed by atoms with Gasteiger partial charge in [-0.05, 0) is 28.8 Å². The predicted molar refractivity (Wildman–Crippen MR) is 94.1 cm³/mol. The van der Waals surface area contributed by atoms with Gasteiger partial charge in [-0.15, -0.1) is 0 Å². The number of anilines is 1. The summed E-state index contributed by atoms with van der Waals surface area (Å²) in [6.07, 6.45) is 3.17. The van der Waals surface area contributed by atoms with Crippen molar-refractivity contribution in [3.8, 4) is 0 Å². The molecular formula is C13H17BrN2O3S2. The van der Waals surface area contributed by atoms with Crippen molar-refractivity contribution in [1.82, 2.24) is 4.31 Å². The summed E-state index contributed by atoms with van der Waals surface area (Å²) in [5, 5.41) is 0. The maximum Gasteiger partial charge on any atom is 0.197 e. The third-order valence-corrected chi connectivity index (χ3v) is 5.53. The van der Waals surface area contributed by atoms with Crippen LogP contribution in [0.2, 0.25) is 0 Å². The van der Waals surface area contributed by atoms with E-state index in [1.54, 1.807) is 29.9 Å². The van der Waals surface area contributed by atoms with Gasteiger partial charge in [0.15, 0.2) is 17.1 Å². The van der Waals surface area contributed by atoms with Gasteiger partial charge in [-0.3, -0.25) is 4.21 Å². The first-order chi connectivity index (χ1) is 9.70. The maximum absolute atomic E-state index is 11.8. The lowest BCUT2D eigenvalue weighted by atomic mass is 10.4.